The van der Waals surface area contributed by atoms with Crippen LogP contribution >= 0.6 is 11.6 Å². The zero-order valence-electron chi connectivity index (χ0n) is 11.0. The molecule has 21 heavy (non-hydrogen) atoms. The average Bonchev–Trinajstić information content (AvgIpc) is 2.33. The first kappa shape index (κ1) is 15.6. The van der Waals surface area contributed by atoms with E-state index in [-0.39, 0.29) is 16.1 Å². The van der Waals surface area contributed by atoms with E-state index in [1.165, 1.54) is 26.0 Å². The maximum absolute atomic E-state index is 13.1. The van der Waals surface area contributed by atoms with Gasteiger partial charge >= 0.3 is 6.18 Å². The molecule has 0 saturated carbocycles. The lowest BCUT2D eigenvalue weighted by Gasteiger charge is -2.24. The molecule has 1 aromatic rings. The smallest absolute Gasteiger partial charge is 0.423 e. The second-order valence-electron chi connectivity index (χ2n) is 4.72. The average molecular weight is 319 g/mol. The number of hydrogen-bond acceptors (Lipinski definition) is 3. The van der Waals surface area contributed by atoms with E-state index in [0.717, 1.165) is 6.07 Å². The first-order valence-electron chi connectivity index (χ1n) is 6.00. The molecular formula is C14H10ClF3O3. The van der Waals surface area contributed by atoms with Crippen LogP contribution in [-0.2, 0) is 4.74 Å². The highest BCUT2D eigenvalue weighted by Gasteiger charge is 2.48. The molecule has 2 rings (SSSR count). The minimum Gasteiger partial charge on any atom is -0.486 e. The summed E-state index contributed by atoms with van der Waals surface area (Å²) >= 11 is 5.68. The van der Waals surface area contributed by atoms with Crippen LogP contribution in [0.4, 0.5) is 13.2 Å². The van der Waals surface area contributed by atoms with Gasteiger partial charge in [-0.05, 0) is 32.0 Å². The number of fused-ring (bicyclic) bond motifs is 1. The summed E-state index contributed by atoms with van der Waals surface area (Å²) in [4.78, 5) is 24.3. The summed E-state index contributed by atoms with van der Waals surface area (Å²) in [6, 6.07) is 3.60. The van der Waals surface area contributed by atoms with Crippen molar-refractivity contribution in [3.8, 4) is 0 Å². The van der Waals surface area contributed by atoms with E-state index in [2.05, 4.69) is 0 Å². The van der Waals surface area contributed by atoms with Crippen LogP contribution in [0.25, 0.3) is 0 Å². The minimum absolute atomic E-state index is 0.0738. The molecule has 0 radical (unpaired) electrons. The van der Waals surface area contributed by atoms with Gasteiger partial charge in [-0.1, -0.05) is 11.6 Å². The van der Waals surface area contributed by atoms with E-state index in [1.54, 1.807) is 0 Å². The van der Waals surface area contributed by atoms with Crippen molar-refractivity contribution in [2.45, 2.75) is 26.1 Å². The lowest BCUT2D eigenvalue weighted by atomic mass is 9.87. The summed E-state index contributed by atoms with van der Waals surface area (Å²) in [5.41, 5.74) is -2.10. The fourth-order valence-electron chi connectivity index (χ4n) is 1.98. The Morgan fingerprint density at radius 1 is 1.10 bits per heavy atom. The van der Waals surface area contributed by atoms with Crippen molar-refractivity contribution in [1.82, 2.24) is 0 Å². The Hall–Kier alpha value is -1.82. The normalized spacial score (nSPS) is 15.6. The van der Waals surface area contributed by atoms with Crippen LogP contribution in [0.15, 0.2) is 29.5 Å². The molecule has 0 atom stereocenters. The van der Waals surface area contributed by atoms with Gasteiger partial charge in [0.15, 0.2) is 5.76 Å². The maximum Gasteiger partial charge on any atom is 0.423 e. The monoisotopic (exact) mass is 318 g/mol. The second kappa shape index (κ2) is 5.18. The van der Waals surface area contributed by atoms with Gasteiger partial charge < -0.3 is 4.74 Å². The van der Waals surface area contributed by atoms with Crippen LogP contribution in [0.3, 0.4) is 0 Å². The number of allylic oxidation sites excluding steroid dienone is 2. The Bertz CT molecular complexity index is 660. The third-order valence-corrected chi connectivity index (χ3v) is 3.00. The number of Topliss-reactive ketones (excluding diaryl/α,β-unsaturated/α-hetero) is 2. The molecule has 0 saturated heterocycles. The van der Waals surface area contributed by atoms with Gasteiger partial charge in [-0.15, -0.1) is 0 Å². The number of benzene rings is 1. The predicted molar refractivity (Wildman–Crippen MR) is 69.4 cm³/mol. The third kappa shape index (κ3) is 2.81. The number of carbonyl (C=O) groups excluding carboxylic acids is 2. The molecule has 1 aliphatic rings. The van der Waals surface area contributed by atoms with Gasteiger partial charge in [0, 0.05) is 16.1 Å². The number of hydrogen-bond donors (Lipinski definition) is 0. The second-order valence-corrected chi connectivity index (χ2v) is 5.15. The molecule has 0 bridgehead atoms. The van der Waals surface area contributed by atoms with Crippen LogP contribution in [0.2, 0.25) is 5.02 Å². The maximum atomic E-state index is 13.1. The van der Waals surface area contributed by atoms with Crippen molar-refractivity contribution in [3.05, 3.63) is 45.7 Å². The fraction of sp³-hybridized carbons (Fsp3) is 0.286. The van der Waals surface area contributed by atoms with Crippen molar-refractivity contribution >= 4 is 23.2 Å². The molecule has 0 N–H and O–H groups in total. The molecule has 0 spiro atoms. The minimum atomic E-state index is -4.99. The summed E-state index contributed by atoms with van der Waals surface area (Å²) in [7, 11) is 0. The van der Waals surface area contributed by atoms with E-state index >= 15 is 0 Å². The van der Waals surface area contributed by atoms with Crippen LogP contribution in [0, 0.1) is 0 Å². The van der Waals surface area contributed by atoms with Gasteiger partial charge in [0.05, 0.1) is 6.10 Å². The van der Waals surface area contributed by atoms with Crippen molar-refractivity contribution in [2.75, 3.05) is 0 Å². The van der Waals surface area contributed by atoms with Gasteiger partial charge in [-0.3, -0.25) is 9.59 Å². The van der Waals surface area contributed by atoms with E-state index in [1.807, 2.05) is 0 Å². The Morgan fingerprint density at radius 2 is 1.71 bits per heavy atom. The molecule has 1 aliphatic carbocycles. The van der Waals surface area contributed by atoms with Crippen molar-refractivity contribution in [2.24, 2.45) is 0 Å². The molecule has 0 aliphatic heterocycles. The van der Waals surface area contributed by atoms with Gasteiger partial charge in [-0.25, -0.2) is 0 Å². The lowest BCUT2D eigenvalue weighted by molar-refractivity contribution is -0.0927. The van der Waals surface area contributed by atoms with Crippen molar-refractivity contribution in [3.63, 3.8) is 0 Å². The van der Waals surface area contributed by atoms with Crippen LogP contribution in [0.5, 0.6) is 0 Å². The Labute approximate surface area is 123 Å². The van der Waals surface area contributed by atoms with Gasteiger partial charge in [-0.2, -0.15) is 13.2 Å². The van der Waals surface area contributed by atoms with Gasteiger partial charge in [0.25, 0.3) is 0 Å². The van der Waals surface area contributed by atoms with Crippen LogP contribution < -0.4 is 0 Å². The highest BCUT2D eigenvalue weighted by molar-refractivity contribution is 6.33. The molecule has 0 heterocycles. The zero-order valence-corrected chi connectivity index (χ0v) is 11.8. The third-order valence-electron chi connectivity index (χ3n) is 2.77. The molecule has 0 unspecified atom stereocenters. The topological polar surface area (TPSA) is 43.4 Å². The van der Waals surface area contributed by atoms with Crippen LogP contribution in [0.1, 0.15) is 34.6 Å². The van der Waals surface area contributed by atoms with E-state index < -0.39 is 35.2 Å². The predicted octanol–water partition coefficient (Wildman–Crippen LogP) is 3.96. The molecule has 1 aromatic carbocycles. The van der Waals surface area contributed by atoms with Crippen molar-refractivity contribution in [1.29, 1.82) is 0 Å². The SMILES string of the molecule is CC(C)OC1=C(C(F)(F)F)C(=O)c2cc(Cl)ccc2C1=O. The quantitative estimate of drug-likeness (QED) is 0.829. The van der Waals surface area contributed by atoms with Crippen molar-refractivity contribution < 1.29 is 27.5 Å². The Kier molecular flexibility index (Phi) is 3.84. The Morgan fingerprint density at radius 3 is 2.24 bits per heavy atom. The van der Waals surface area contributed by atoms with Gasteiger partial charge in [0.1, 0.15) is 5.57 Å². The summed E-state index contributed by atoms with van der Waals surface area (Å²) in [5.74, 6) is -3.24. The van der Waals surface area contributed by atoms with Gasteiger partial charge in [0.2, 0.25) is 11.6 Å². The molecule has 0 aromatic heterocycles. The first-order chi connectivity index (χ1) is 9.62. The van der Waals surface area contributed by atoms with E-state index in [9.17, 15) is 22.8 Å². The lowest BCUT2D eigenvalue weighted by Crippen LogP contribution is -2.32. The first-order valence-corrected chi connectivity index (χ1v) is 6.37. The summed E-state index contributed by atoms with van der Waals surface area (Å²) in [6.45, 7) is 2.94. The summed E-state index contributed by atoms with van der Waals surface area (Å²) < 4.78 is 44.3. The molecule has 7 heteroatoms. The van der Waals surface area contributed by atoms with E-state index in [4.69, 9.17) is 16.3 Å². The van der Waals surface area contributed by atoms with E-state index in [0.29, 0.717) is 0 Å². The number of halogens is 4. The largest absolute Gasteiger partial charge is 0.486 e. The number of carbonyl (C=O) groups is 2. The number of ether oxygens (including phenoxy) is 1. The molecule has 0 fully saturated rings. The molecular weight excluding hydrogens is 309 g/mol. The fourth-order valence-corrected chi connectivity index (χ4v) is 2.15. The summed E-state index contributed by atoms with van der Waals surface area (Å²) in [5, 5.41) is 0.0738. The molecule has 0 amide bonds. The highest BCUT2D eigenvalue weighted by atomic mass is 35.5. The number of rotatable bonds is 2. The molecule has 3 nitrogen and oxygen atoms in total. The Balaban J connectivity index is 2.71. The summed E-state index contributed by atoms with van der Waals surface area (Å²) in [6.07, 6.45) is -5.67. The zero-order chi connectivity index (χ0) is 15.9. The van der Waals surface area contributed by atoms with Crippen LogP contribution in [-0.4, -0.2) is 23.8 Å². The standard InChI is InChI=1S/C14H10ClF3O3/c1-6(2)21-13-10(14(16,17)18)11(19)9-5-7(15)3-4-8(9)12(13)20/h3-6H,1-2H3. The highest BCUT2D eigenvalue weighted by Crippen LogP contribution is 2.38. The molecule has 112 valence electrons. The number of ketones is 2. The number of alkyl halides is 3.